The van der Waals surface area contributed by atoms with Gasteiger partial charge in [-0.05, 0) is 20.5 Å². The van der Waals surface area contributed by atoms with E-state index in [1.54, 1.807) is 0 Å². The van der Waals surface area contributed by atoms with Gasteiger partial charge in [0.1, 0.15) is 0 Å². The van der Waals surface area contributed by atoms with Crippen molar-refractivity contribution in [1.29, 1.82) is 0 Å². The number of nitrogens with zero attached hydrogens (tertiary/aromatic N) is 3. The summed E-state index contributed by atoms with van der Waals surface area (Å²) in [5.74, 6) is -0.414. The summed E-state index contributed by atoms with van der Waals surface area (Å²) in [7, 11) is 3.04. The maximum atomic E-state index is 12.4. The van der Waals surface area contributed by atoms with Crippen LogP contribution in [0, 0.1) is 0 Å². The predicted octanol–water partition coefficient (Wildman–Crippen LogP) is -0.000300. The zero-order chi connectivity index (χ0) is 15.8. The van der Waals surface area contributed by atoms with Gasteiger partial charge in [0.25, 0.3) is 10.2 Å². The van der Waals surface area contributed by atoms with Crippen molar-refractivity contribution in [2.45, 2.75) is 19.8 Å². The molecule has 0 aliphatic carbocycles. The molecule has 0 N–H and O–H groups in total. The molecule has 0 fully saturated rings. The van der Waals surface area contributed by atoms with Crippen LogP contribution in [0.5, 0.6) is 0 Å². The normalized spacial score (nSPS) is 12.4. The van der Waals surface area contributed by atoms with Gasteiger partial charge in [-0.25, -0.2) is 0 Å². The minimum absolute atomic E-state index is 0.0554. The van der Waals surface area contributed by atoms with E-state index >= 15 is 0 Å². The van der Waals surface area contributed by atoms with Crippen LogP contribution in [0.25, 0.3) is 0 Å². The topological polar surface area (TPSA) is 70.2 Å². The Morgan fingerprint density at radius 1 is 1.05 bits per heavy atom. The number of likely N-dealkylation sites (N-methyl/N-ethyl adjacent to an activating group) is 1. The quantitative estimate of drug-likeness (QED) is 0.531. The van der Waals surface area contributed by atoms with Gasteiger partial charge in [0.05, 0.1) is 13.5 Å². The molecule has 0 heterocycles. The van der Waals surface area contributed by atoms with Crippen LogP contribution >= 0.6 is 0 Å². The summed E-state index contributed by atoms with van der Waals surface area (Å²) in [4.78, 5) is 13.0. The number of esters is 1. The summed E-state index contributed by atoms with van der Waals surface area (Å²) >= 11 is 0. The minimum atomic E-state index is -3.53. The molecule has 8 heteroatoms. The Bertz CT molecular complexity index is 384. The summed E-state index contributed by atoms with van der Waals surface area (Å²) in [5, 5.41) is 0. The van der Waals surface area contributed by atoms with Crippen LogP contribution < -0.4 is 0 Å². The van der Waals surface area contributed by atoms with E-state index in [-0.39, 0.29) is 13.0 Å². The molecule has 0 amide bonds. The average molecular weight is 309 g/mol. The van der Waals surface area contributed by atoms with E-state index in [9.17, 15) is 13.2 Å². The Labute approximate surface area is 122 Å². The third-order valence-corrected chi connectivity index (χ3v) is 4.84. The van der Waals surface area contributed by atoms with Gasteiger partial charge >= 0.3 is 5.97 Å². The third kappa shape index (κ3) is 6.65. The molecule has 0 aliphatic rings. The molecule has 7 nitrogen and oxygen atoms in total. The molecule has 0 aliphatic heterocycles. The van der Waals surface area contributed by atoms with Gasteiger partial charge in [-0.15, -0.1) is 0 Å². The molecular formula is C12H27N3O4S. The van der Waals surface area contributed by atoms with Gasteiger partial charge in [-0.2, -0.15) is 17.0 Å². The molecule has 120 valence electrons. The van der Waals surface area contributed by atoms with Crippen molar-refractivity contribution >= 4 is 16.2 Å². The predicted molar refractivity (Wildman–Crippen MR) is 78.6 cm³/mol. The SMILES string of the molecule is CCCN(CCN(C)C)S(=O)(=O)N(C)CCC(=O)OC. The molecule has 0 aromatic heterocycles. The van der Waals surface area contributed by atoms with E-state index < -0.39 is 16.2 Å². The van der Waals surface area contributed by atoms with Crippen molar-refractivity contribution in [2.75, 3.05) is 54.4 Å². The van der Waals surface area contributed by atoms with Gasteiger partial charge < -0.3 is 9.64 Å². The van der Waals surface area contributed by atoms with Crippen molar-refractivity contribution in [2.24, 2.45) is 0 Å². The number of hydrogen-bond acceptors (Lipinski definition) is 5. The number of hydrogen-bond donors (Lipinski definition) is 0. The summed E-state index contributed by atoms with van der Waals surface area (Å²) in [6, 6.07) is 0. The van der Waals surface area contributed by atoms with E-state index in [1.807, 2.05) is 25.9 Å². The molecule has 0 saturated heterocycles. The van der Waals surface area contributed by atoms with Crippen molar-refractivity contribution in [3.63, 3.8) is 0 Å². The number of rotatable bonds is 10. The summed E-state index contributed by atoms with van der Waals surface area (Å²) < 4.78 is 32.0. The zero-order valence-corrected chi connectivity index (χ0v) is 13.9. The molecule has 0 rings (SSSR count). The fourth-order valence-corrected chi connectivity index (χ4v) is 3.01. The number of ether oxygens (including phenoxy) is 1. The van der Waals surface area contributed by atoms with E-state index in [1.165, 1.54) is 22.8 Å². The smallest absolute Gasteiger partial charge is 0.306 e. The minimum Gasteiger partial charge on any atom is -0.469 e. The third-order valence-electron chi connectivity index (χ3n) is 2.85. The Balaban J connectivity index is 4.70. The zero-order valence-electron chi connectivity index (χ0n) is 13.1. The maximum absolute atomic E-state index is 12.4. The summed E-state index contributed by atoms with van der Waals surface area (Å²) in [6.45, 7) is 3.62. The molecule has 0 saturated carbocycles. The van der Waals surface area contributed by atoms with Gasteiger partial charge in [0.2, 0.25) is 0 Å². The molecule has 0 spiro atoms. The van der Waals surface area contributed by atoms with Crippen LogP contribution in [0.4, 0.5) is 0 Å². The molecule has 0 bridgehead atoms. The van der Waals surface area contributed by atoms with E-state index in [0.717, 1.165) is 6.42 Å². The first-order valence-corrected chi connectivity index (χ1v) is 8.08. The lowest BCUT2D eigenvalue weighted by molar-refractivity contribution is -0.140. The van der Waals surface area contributed by atoms with Gasteiger partial charge in [0.15, 0.2) is 0 Å². The van der Waals surface area contributed by atoms with Crippen LogP contribution in [0.2, 0.25) is 0 Å². The fourth-order valence-electron chi connectivity index (χ4n) is 1.57. The van der Waals surface area contributed by atoms with Crippen LogP contribution in [-0.2, 0) is 19.7 Å². The molecule has 0 aromatic carbocycles. The van der Waals surface area contributed by atoms with Crippen molar-refractivity contribution in [3.8, 4) is 0 Å². The van der Waals surface area contributed by atoms with Crippen LogP contribution in [0.1, 0.15) is 19.8 Å². The molecule has 0 unspecified atom stereocenters. The first-order chi connectivity index (χ1) is 9.25. The molecular weight excluding hydrogens is 282 g/mol. The second-order valence-corrected chi connectivity index (χ2v) is 6.89. The second-order valence-electron chi connectivity index (χ2n) is 4.86. The highest BCUT2D eigenvalue weighted by Gasteiger charge is 2.26. The highest BCUT2D eigenvalue weighted by atomic mass is 32.2. The Morgan fingerprint density at radius 2 is 1.65 bits per heavy atom. The monoisotopic (exact) mass is 309 g/mol. The number of carbonyl (C=O) groups is 1. The number of methoxy groups -OCH3 is 1. The highest BCUT2D eigenvalue weighted by Crippen LogP contribution is 2.08. The molecule has 0 aromatic rings. The first-order valence-electron chi connectivity index (χ1n) is 6.68. The lowest BCUT2D eigenvalue weighted by atomic mass is 10.4. The first kappa shape index (κ1) is 19.3. The average Bonchev–Trinajstić information content (AvgIpc) is 2.39. The standard InChI is InChI=1S/C12H27N3O4S/c1-6-8-15(11-10-13(2)3)20(17,18)14(4)9-7-12(16)19-5/h6-11H2,1-5H3. The Hall–Kier alpha value is -0.700. The van der Waals surface area contributed by atoms with Crippen LogP contribution in [-0.4, -0.2) is 82.3 Å². The maximum Gasteiger partial charge on any atom is 0.306 e. The van der Waals surface area contributed by atoms with Gasteiger partial charge in [-0.1, -0.05) is 6.92 Å². The summed E-state index contributed by atoms with van der Waals surface area (Å²) in [6.07, 6.45) is 0.803. The largest absolute Gasteiger partial charge is 0.469 e. The van der Waals surface area contributed by atoms with Crippen molar-refractivity contribution in [1.82, 2.24) is 13.5 Å². The molecule has 0 atom stereocenters. The molecule has 20 heavy (non-hydrogen) atoms. The van der Waals surface area contributed by atoms with E-state index in [0.29, 0.717) is 19.6 Å². The Morgan fingerprint density at radius 3 is 2.10 bits per heavy atom. The van der Waals surface area contributed by atoms with E-state index in [4.69, 9.17) is 0 Å². The van der Waals surface area contributed by atoms with Crippen molar-refractivity contribution in [3.05, 3.63) is 0 Å². The van der Waals surface area contributed by atoms with E-state index in [2.05, 4.69) is 4.74 Å². The number of carbonyl (C=O) groups excluding carboxylic acids is 1. The van der Waals surface area contributed by atoms with Crippen molar-refractivity contribution < 1.29 is 17.9 Å². The second kappa shape index (κ2) is 9.28. The van der Waals surface area contributed by atoms with Crippen LogP contribution in [0.15, 0.2) is 0 Å². The Kier molecular flexibility index (Phi) is 8.95. The lowest BCUT2D eigenvalue weighted by Gasteiger charge is -2.28. The van der Waals surface area contributed by atoms with Crippen LogP contribution in [0.3, 0.4) is 0 Å². The van der Waals surface area contributed by atoms with Gasteiger partial charge in [0, 0.05) is 33.2 Å². The highest BCUT2D eigenvalue weighted by molar-refractivity contribution is 7.86. The molecule has 0 radical (unpaired) electrons. The van der Waals surface area contributed by atoms with Gasteiger partial charge in [-0.3, -0.25) is 4.79 Å². The lowest BCUT2D eigenvalue weighted by Crippen LogP contribution is -2.45. The fraction of sp³-hybridized carbons (Fsp3) is 0.917. The summed E-state index contributed by atoms with van der Waals surface area (Å²) in [5.41, 5.74) is 0.